The van der Waals surface area contributed by atoms with Crippen molar-refractivity contribution >= 4 is 0 Å². The van der Waals surface area contributed by atoms with Crippen LogP contribution in [0.2, 0.25) is 0 Å². The van der Waals surface area contributed by atoms with Crippen molar-refractivity contribution in [3.63, 3.8) is 0 Å². The van der Waals surface area contributed by atoms with E-state index in [9.17, 15) is 0 Å². The SMILES string of the molecule is Cc1nn(CCCC(C)C)c(C)c1CNC(C)C. The average Bonchev–Trinajstić information content (AvgIpc) is 2.51. The van der Waals surface area contributed by atoms with Gasteiger partial charge in [-0.05, 0) is 32.6 Å². The Balaban J connectivity index is 2.62. The highest BCUT2D eigenvalue weighted by Crippen LogP contribution is 2.14. The third-order valence-corrected chi connectivity index (χ3v) is 3.37. The van der Waals surface area contributed by atoms with Gasteiger partial charge in [-0.1, -0.05) is 27.7 Å². The van der Waals surface area contributed by atoms with Crippen molar-refractivity contribution < 1.29 is 0 Å². The normalized spacial score (nSPS) is 11.8. The summed E-state index contributed by atoms with van der Waals surface area (Å²) < 4.78 is 2.18. The summed E-state index contributed by atoms with van der Waals surface area (Å²) in [6.45, 7) is 15.2. The van der Waals surface area contributed by atoms with E-state index in [-0.39, 0.29) is 0 Å². The zero-order chi connectivity index (χ0) is 13.7. The summed E-state index contributed by atoms with van der Waals surface area (Å²) in [6, 6.07) is 0.521. The van der Waals surface area contributed by atoms with Gasteiger partial charge in [0.25, 0.3) is 0 Å². The Morgan fingerprint density at radius 1 is 1.17 bits per heavy atom. The van der Waals surface area contributed by atoms with E-state index >= 15 is 0 Å². The van der Waals surface area contributed by atoms with Crippen LogP contribution < -0.4 is 5.32 Å². The van der Waals surface area contributed by atoms with E-state index in [1.807, 2.05) is 0 Å². The van der Waals surface area contributed by atoms with Gasteiger partial charge in [-0.25, -0.2) is 0 Å². The van der Waals surface area contributed by atoms with Crippen LogP contribution >= 0.6 is 0 Å². The first-order chi connectivity index (χ1) is 8.41. The van der Waals surface area contributed by atoms with Gasteiger partial charge >= 0.3 is 0 Å². The van der Waals surface area contributed by atoms with E-state index in [1.165, 1.54) is 29.8 Å². The summed E-state index contributed by atoms with van der Waals surface area (Å²) >= 11 is 0. The van der Waals surface area contributed by atoms with Crippen LogP contribution in [0.25, 0.3) is 0 Å². The molecule has 1 aromatic rings. The molecule has 0 atom stereocenters. The second-order valence-corrected chi connectivity index (χ2v) is 5.94. The van der Waals surface area contributed by atoms with Crippen LogP contribution in [0.3, 0.4) is 0 Å². The number of aromatic nitrogens is 2. The quantitative estimate of drug-likeness (QED) is 0.804. The lowest BCUT2D eigenvalue weighted by molar-refractivity contribution is 0.482. The lowest BCUT2D eigenvalue weighted by atomic mass is 10.1. The lowest BCUT2D eigenvalue weighted by Crippen LogP contribution is -2.22. The highest BCUT2D eigenvalue weighted by molar-refractivity contribution is 5.24. The molecule has 0 unspecified atom stereocenters. The Kier molecular flexibility index (Phi) is 5.86. The van der Waals surface area contributed by atoms with E-state index in [1.54, 1.807) is 0 Å². The first-order valence-corrected chi connectivity index (χ1v) is 7.18. The summed E-state index contributed by atoms with van der Waals surface area (Å²) in [4.78, 5) is 0. The molecule has 1 heterocycles. The number of nitrogens with one attached hydrogen (secondary N) is 1. The van der Waals surface area contributed by atoms with Crippen LogP contribution in [0.4, 0.5) is 0 Å². The predicted octanol–water partition coefficient (Wildman–Crippen LogP) is 3.43. The maximum absolute atomic E-state index is 4.66. The lowest BCUT2D eigenvalue weighted by Gasteiger charge is -2.09. The zero-order valence-electron chi connectivity index (χ0n) is 12.9. The van der Waals surface area contributed by atoms with Crippen LogP contribution in [0.1, 0.15) is 57.5 Å². The van der Waals surface area contributed by atoms with Crippen molar-refractivity contribution in [2.45, 2.75) is 73.5 Å². The summed E-state index contributed by atoms with van der Waals surface area (Å²) in [5.74, 6) is 0.782. The summed E-state index contributed by atoms with van der Waals surface area (Å²) in [5, 5.41) is 8.14. The molecular formula is C15H29N3. The fourth-order valence-corrected chi connectivity index (χ4v) is 2.16. The van der Waals surface area contributed by atoms with Crippen molar-refractivity contribution in [3.8, 4) is 0 Å². The van der Waals surface area contributed by atoms with Crippen molar-refractivity contribution in [3.05, 3.63) is 17.0 Å². The van der Waals surface area contributed by atoms with Crippen molar-refractivity contribution in [2.24, 2.45) is 5.92 Å². The number of nitrogens with zero attached hydrogens (tertiary/aromatic N) is 2. The molecule has 104 valence electrons. The Labute approximate surface area is 112 Å². The molecule has 0 fully saturated rings. The Morgan fingerprint density at radius 2 is 1.83 bits per heavy atom. The second-order valence-electron chi connectivity index (χ2n) is 5.94. The maximum Gasteiger partial charge on any atom is 0.0641 e. The molecule has 1 rings (SSSR count). The van der Waals surface area contributed by atoms with Crippen LogP contribution in [0.5, 0.6) is 0 Å². The first kappa shape index (κ1) is 15.2. The largest absolute Gasteiger partial charge is 0.310 e. The van der Waals surface area contributed by atoms with Crippen molar-refractivity contribution in [1.29, 1.82) is 0 Å². The second kappa shape index (κ2) is 6.93. The predicted molar refractivity (Wildman–Crippen MR) is 77.7 cm³/mol. The van der Waals surface area contributed by atoms with Crippen molar-refractivity contribution in [2.75, 3.05) is 0 Å². The van der Waals surface area contributed by atoms with Gasteiger partial charge in [0.2, 0.25) is 0 Å². The molecule has 0 spiro atoms. The molecule has 0 aliphatic rings. The van der Waals surface area contributed by atoms with Gasteiger partial charge in [0.15, 0.2) is 0 Å². The van der Waals surface area contributed by atoms with Crippen LogP contribution in [0.15, 0.2) is 0 Å². The molecule has 3 nitrogen and oxygen atoms in total. The molecule has 0 aromatic carbocycles. The summed E-state index contributed by atoms with van der Waals surface area (Å²) in [6.07, 6.45) is 2.49. The van der Waals surface area contributed by atoms with E-state index in [2.05, 4.69) is 56.6 Å². The Hall–Kier alpha value is -0.830. The molecule has 18 heavy (non-hydrogen) atoms. The number of aryl methyl sites for hydroxylation is 2. The molecule has 0 radical (unpaired) electrons. The monoisotopic (exact) mass is 251 g/mol. The van der Waals surface area contributed by atoms with Gasteiger partial charge in [0, 0.05) is 30.4 Å². The van der Waals surface area contributed by atoms with Crippen LogP contribution in [0, 0.1) is 19.8 Å². The van der Waals surface area contributed by atoms with Gasteiger partial charge in [-0.3, -0.25) is 4.68 Å². The third-order valence-electron chi connectivity index (χ3n) is 3.37. The standard InChI is InChI=1S/C15H29N3/c1-11(2)8-7-9-18-14(6)15(13(5)17-18)10-16-12(3)4/h11-12,16H,7-10H2,1-6H3. The fraction of sp³-hybridized carbons (Fsp3) is 0.800. The molecule has 0 aliphatic carbocycles. The third kappa shape index (κ3) is 4.45. The number of rotatable bonds is 7. The molecule has 1 N–H and O–H groups in total. The average molecular weight is 251 g/mol. The van der Waals surface area contributed by atoms with Gasteiger partial charge in [-0.15, -0.1) is 0 Å². The molecule has 0 amide bonds. The van der Waals surface area contributed by atoms with E-state index in [0.717, 1.165) is 19.0 Å². The summed E-state index contributed by atoms with van der Waals surface area (Å²) in [7, 11) is 0. The minimum atomic E-state index is 0.521. The highest BCUT2D eigenvalue weighted by atomic mass is 15.3. The number of hydrogen-bond acceptors (Lipinski definition) is 2. The smallest absolute Gasteiger partial charge is 0.0641 e. The Bertz CT molecular complexity index is 364. The molecule has 0 bridgehead atoms. The first-order valence-electron chi connectivity index (χ1n) is 7.18. The van der Waals surface area contributed by atoms with E-state index < -0.39 is 0 Å². The minimum absolute atomic E-state index is 0.521. The van der Waals surface area contributed by atoms with E-state index in [0.29, 0.717) is 6.04 Å². The Morgan fingerprint density at radius 3 is 2.39 bits per heavy atom. The maximum atomic E-state index is 4.66. The van der Waals surface area contributed by atoms with Crippen LogP contribution in [-0.2, 0) is 13.1 Å². The molecular weight excluding hydrogens is 222 g/mol. The van der Waals surface area contributed by atoms with Gasteiger partial charge in [-0.2, -0.15) is 5.10 Å². The molecule has 0 aliphatic heterocycles. The zero-order valence-corrected chi connectivity index (χ0v) is 12.9. The van der Waals surface area contributed by atoms with E-state index in [4.69, 9.17) is 0 Å². The molecule has 3 heteroatoms. The molecule has 1 aromatic heterocycles. The topological polar surface area (TPSA) is 29.9 Å². The van der Waals surface area contributed by atoms with Crippen molar-refractivity contribution in [1.82, 2.24) is 15.1 Å². The van der Waals surface area contributed by atoms with Gasteiger partial charge in [0.1, 0.15) is 0 Å². The van der Waals surface area contributed by atoms with Gasteiger partial charge < -0.3 is 5.32 Å². The van der Waals surface area contributed by atoms with Crippen LogP contribution in [-0.4, -0.2) is 15.8 Å². The number of hydrogen-bond donors (Lipinski definition) is 1. The van der Waals surface area contributed by atoms with Gasteiger partial charge in [0.05, 0.1) is 5.69 Å². The highest BCUT2D eigenvalue weighted by Gasteiger charge is 2.11. The molecule has 0 saturated heterocycles. The molecule has 0 saturated carbocycles. The fourth-order valence-electron chi connectivity index (χ4n) is 2.16. The minimum Gasteiger partial charge on any atom is -0.310 e. The summed E-state index contributed by atoms with van der Waals surface area (Å²) in [5.41, 5.74) is 3.86.